The molecule has 1 N–H and O–H groups in total. The molecule has 0 unspecified atom stereocenters. The van der Waals surface area contributed by atoms with Gasteiger partial charge in [-0.3, -0.25) is 0 Å². The summed E-state index contributed by atoms with van der Waals surface area (Å²) in [5.74, 6) is 1.62. The van der Waals surface area contributed by atoms with Crippen LogP contribution in [0.2, 0.25) is 0 Å². The highest BCUT2D eigenvalue weighted by molar-refractivity contribution is 5.63. The molecule has 0 amide bonds. The van der Waals surface area contributed by atoms with Crippen molar-refractivity contribution < 1.29 is 14.4 Å². The summed E-state index contributed by atoms with van der Waals surface area (Å²) >= 11 is 0. The molecule has 1 aliphatic rings. The molecule has 22 heavy (non-hydrogen) atoms. The lowest BCUT2D eigenvalue weighted by Gasteiger charge is -2.17. The van der Waals surface area contributed by atoms with Crippen molar-refractivity contribution in [2.75, 3.05) is 0 Å². The molecule has 0 radical (unpaired) electrons. The maximum Gasteiger partial charge on any atom is 0.297 e. The molecule has 0 saturated carbocycles. The summed E-state index contributed by atoms with van der Waals surface area (Å²) < 4.78 is 11.0. The van der Waals surface area contributed by atoms with Crippen LogP contribution in [0.4, 0.5) is 0 Å². The Morgan fingerprint density at radius 1 is 0.955 bits per heavy atom. The van der Waals surface area contributed by atoms with Crippen LogP contribution < -0.4 is 4.74 Å². The molecule has 1 aromatic heterocycles. The van der Waals surface area contributed by atoms with Crippen molar-refractivity contribution in [1.82, 2.24) is 10.1 Å². The van der Waals surface area contributed by atoms with Gasteiger partial charge in [0.1, 0.15) is 11.5 Å². The number of aliphatic hydroxyl groups is 1. The minimum absolute atomic E-state index is 0.0851. The number of hydrogen-bond acceptors (Lipinski definition) is 5. The van der Waals surface area contributed by atoms with Crippen molar-refractivity contribution in [3.8, 4) is 17.1 Å². The minimum Gasteiger partial charge on any atom is -0.508 e. The molecule has 4 rings (SSSR count). The first-order chi connectivity index (χ1) is 10.8. The molecule has 5 heteroatoms. The number of fused-ring (bicyclic) bond motifs is 1. The Kier molecular flexibility index (Phi) is 2.89. The van der Waals surface area contributed by atoms with Gasteiger partial charge in [0.25, 0.3) is 5.89 Å². The van der Waals surface area contributed by atoms with E-state index in [9.17, 15) is 5.11 Å². The van der Waals surface area contributed by atoms with E-state index in [1.165, 1.54) is 0 Å². The molecule has 1 aliphatic heterocycles. The molecule has 5 nitrogen and oxygen atoms in total. The van der Waals surface area contributed by atoms with Gasteiger partial charge in [-0.1, -0.05) is 53.7 Å². The van der Waals surface area contributed by atoms with E-state index in [-0.39, 0.29) is 17.4 Å². The van der Waals surface area contributed by atoms with Crippen LogP contribution in [0.1, 0.15) is 11.5 Å². The molecule has 3 aromatic rings. The van der Waals surface area contributed by atoms with Crippen molar-refractivity contribution in [2.45, 2.75) is 6.42 Å². The number of rotatable bonds is 2. The highest BCUT2D eigenvalue weighted by Gasteiger charge is 2.25. The third-order valence-electron chi connectivity index (χ3n) is 3.46. The first-order valence-electron chi connectivity index (χ1n) is 6.88. The second-order valence-electron chi connectivity index (χ2n) is 4.95. The number of hydrogen-bond donors (Lipinski definition) is 1. The normalized spacial score (nSPS) is 13.6. The van der Waals surface area contributed by atoms with Crippen molar-refractivity contribution in [3.63, 3.8) is 0 Å². The lowest BCUT2D eigenvalue weighted by molar-refractivity contribution is 0.332. The van der Waals surface area contributed by atoms with Gasteiger partial charge in [0, 0.05) is 17.5 Å². The zero-order valence-corrected chi connectivity index (χ0v) is 11.6. The van der Waals surface area contributed by atoms with E-state index < -0.39 is 0 Å². The molecule has 108 valence electrons. The highest BCUT2D eigenvalue weighted by Crippen LogP contribution is 2.33. The number of ether oxygens (including phenoxy) is 1. The van der Waals surface area contributed by atoms with Gasteiger partial charge in [-0.05, 0) is 6.07 Å². The lowest BCUT2D eigenvalue weighted by atomic mass is 10.1. The van der Waals surface area contributed by atoms with Gasteiger partial charge in [0.2, 0.25) is 11.6 Å². The van der Waals surface area contributed by atoms with Crippen LogP contribution in [0.5, 0.6) is 5.75 Å². The first-order valence-corrected chi connectivity index (χ1v) is 6.88. The Hall–Kier alpha value is -3.08. The Bertz CT molecular complexity index is 853. The van der Waals surface area contributed by atoms with Crippen LogP contribution in [0.3, 0.4) is 0 Å². The van der Waals surface area contributed by atoms with Crippen molar-refractivity contribution in [2.24, 2.45) is 0 Å². The molecular weight excluding hydrogens is 280 g/mol. The fourth-order valence-electron chi connectivity index (χ4n) is 2.37. The van der Waals surface area contributed by atoms with E-state index >= 15 is 0 Å². The standard InChI is InChI=1S/C17H12N2O3/c20-13-10-12-8-4-5-9-14(12)21-15(13)17-18-16(19-22-17)11-6-2-1-3-7-11/h1-9,20H,10H2. The number of para-hydroxylation sites is 1. The summed E-state index contributed by atoms with van der Waals surface area (Å²) in [5.41, 5.74) is 1.76. The number of nitrogens with zero attached hydrogens (tertiary/aromatic N) is 2. The van der Waals surface area contributed by atoms with E-state index in [0.717, 1.165) is 11.1 Å². The fourth-order valence-corrected chi connectivity index (χ4v) is 2.37. The number of benzene rings is 2. The summed E-state index contributed by atoms with van der Waals surface area (Å²) in [4.78, 5) is 4.31. The van der Waals surface area contributed by atoms with Crippen LogP contribution in [-0.4, -0.2) is 15.2 Å². The molecule has 0 aliphatic carbocycles. The molecule has 0 bridgehead atoms. The largest absolute Gasteiger partial charge is 0.508 e. The second kappa shape index (κ2) is 5.04. The fraction of sp³-hybridized carbons (Fsp3) is 0.0588. The van der Waals surface area contributed by atoms with Gasteiger partial charge in [-0.2, -0.15) is 4.98 Å². The van der Waals surface area contributed by atoms with Gasteiger partial charge in [-0.25, -0.2) is 0 Å². The van der Waals surface area contributed by atoms with Crippen molar-refractivity contribution in [3.05, 3.63) is 71.8 Å². The molecule has 0 fully saturated rings. The average Bonchev–Trinajstić information content (AvgIpc) is 3.05. The monoisotopic (exact) mass is 292 g/mol. The highest BCUT2D eigenvalue weighted by atomic mass is 16.5. The lowest BCUT2D eigenvalue weighted by Crippen LogP contribution is -2.09. The van der Waals surface area contributed by atoms with Gasteiger partial charge >= 0.3 is 0 Å². The molecule has 2 aromatic carbocycles. The summed E-state index contributed by atoms with van der Waals surface area (Å²) in [7, 11) is 0. The van der Waals surface area contributed by atoms with Gasteiger partial charge < -0.3 is 14.4 Å². The van der Waals surface area contributed by atoms with Crippen LogP contribution in [0, 0.1) is 0 Å². The quantitative estimate of drug-likeness (QED) is 0.781. The first kappa shape index (κ1) is 12.6. The summed E-state index contributed by atoms with van der Waals surface area (Å²) in [6.07, 6.45) is 0.383. The van der Waals surface area contributed by atoms with Crippen LogP contribution in [0.15, 0.2) is 64.9 Å². The molecule has 2 heterocycles. The van der Waals surface area contributed by atoms with Gasteiger partial charge in [-0.15, -0.1) is 0 Å². The van der Waals surface area contributed by atoms with Crippen LogP contribution in [0.25, 0.3) is 17.1 Å². The van der Waals surface area contributed by atoms with Crippen molar-refractivity contribution >= 4 is 5.76 Å². The Labute approximate surface area is 126 Å². The Balaban J connectivity index is 1.70. The van der Waals surface area contributed by atoms with Crippen molar-refractivity contribution in [1.29, 1.82) is 0 Å². The van der Waals surface area contributed by atoms with Crippen LogP contribution in [-0.2, 0) is 6.42 Å². The summed E-state index contributed by atoms with van der Waals surface area (Å²) in [6, 6.07) is 17.0. The maximum atomic E-state index is 10.2. The summed E-state index contributed by atoms with van der Waals surface area (Å²) in [6.45, 7) is 0. The second-order valence-corrected chi connectivity index (χ2v) is 4.95. The van der Waals surface area contributed by atoms with Crippen LogP contribution >= 0.6 is 0 Å². The van der Waals surface area contributed by atoms with E-state index in [4.69, 9.17) is 9.26 Å². The molecule has 0 atom stereocenters. The van der Waals surface area contributed by atoms with E-state index in [0.29, 0.717) is 18.0 Å². The average molecular weight is 292 g/mol. The zero-order chi connectivity index (χ0) is 14.9. The number of allylic oxidation sites excluding steroid dienone is 1. The number of aromatic nitrogens is 2. The third-order valence-corrected chi connectivity index (χ3v) is 3.46. The minimum atomic E-state index is 0.0851. The predicted octanol–water partition coefficient (Wildman–Crippen LogP) is 3.60. The SMILES string of the molecule is OC1=C(c2nc(-c3ccccc3)no2)Oc2ccccc2C1. The number of aliphatic hydroxyl groups excluding tert-OH is 1. The predicted molar refractivity (Wildman–Crippen MR) is 80.1 cm³/mol. The maximum absolute atomic E-state index is 10.2. The van der Waals surface area contributed by atoms with E-state index in [1.54, 1.807) is 0 Å². The zero-order valence-electron chi connectivity index (χ0n) is 11.6. The summed E-state index contributed by atoms with van der Waals surface area (Å²) in [5, 5.41) is 14.1. The van der Waals surface area contributed by atoms with Gasteiger partial charge in [0.15, 0.2) is 0 Å². The Morgan fingerprint density at radius 3 is 2.59 bits per heavy atom. The van der Waals surface area contributed by atoms with E-state index in [2.05, 4.69) is 10.1 Å². The third kappa shape index (κ3) is 2.13. The molecule has 0 spiro atoms. The van der Waals surface area contributed by atoms with Gasteiger partial charge in [0.05, 0.1) is 0 Å². The van der Waals surface area contributed by atoms with E-state index in [1.807, 2.05) is 54.6 Å². The molecule has 0 saturated heterocycles. The smallest absolute Gasteiger partial charge is 0.297 e. The topological polar surface area (TPSA) is 68.4 Å². The Morgan fingerprint density at radius 2 is 1.73 bits per heavy atom. The molecular formula is C17H12N2O3.